The molecule has 0 aliphatic heterocycles. The first-order valence-corrected chi connectivity index (χ1v) is 10.8. The molecular weight excluding hydrogens is 390 g/mol. The summed E-state index contributed by atoms with van der Waals surface area (Å²) in [5, 5.41) is 2.83. The first-order chi connectivity index (χ1) is 13.7. The van der Waals surface area contributed by atoms with Gasteiger partial charge < -0.3 is 14.3 Å². The van der Waals surface area contributed by atoms with Crippen molar-refractivity contribution in [3.05, 3.63) is 71.4 Å². The van der Waals surface area contributed by atoms with Gasteiger partial charge >= 0.3 is 0 Å². The van der Waals surface area contributed by atoms with Gasteiger partial charge in [0.15, 0.2) is 0 Å². The Hall–Kier alpha value is -2.84. The number of hydrogen-bond donors (Lipinski definition) is 2. The maximum atomic E-state index is 12.8. The van der Waals surface area contributed by atoms with E-state index >= 15 is 0 Å². The molecule has 0 aliphatic rings. The number of rotatable bonds is 7. The molecule has 29 heavy (non-hydrogen) atoms. The van der Waals surface area contributed by atoms with E-state index in [1.807, 2.05) is 36.6 Å². The quantitative estimate of drug-likeness (QED) is 0.615. The molecule has 0 saturated carbocycles. The van der Waals surface area contributed by atoms with Gasteiger partial charge in [-0.25, -0.2) is 13.1 Å². The summed E-state index contributed by atoms with van der Waals surface area (Å²) < 4.78 is 34.4. The first-order valence-electron chi connectivity index (χ1n) is 9.30. The Morgan fingerprint density at radius 2 is 1.83 bits per heavy atom. The van der Waals surface area contributed by atoms with E-state index in [1.165, 1.54) is 12.1 Å². The van der Waals surface area contributed by atoms with Crippen LogP contribution in [0.3, 0.4) is 0 Å². The van der Waals surface area contributed by atoms with Crippen LogP contribution in [0.25, 0.3) is 0 Å². The Labute approximate surface area is 170 Å². The number of nitrogens with zero attached hydrogens (tertiary/aromatic N) is 1. The predicted octanol–water partition coefficient (Wildman–Crippen LogP) is 3.69. The van der Waals surface area contributed by atoms with Crippen molar-refractivity contribution < 1.29 is 17.6 Å². The van der Waals surface area contributed by atoms with Crippen LogP contribution in [0.2, 0.25) is 0 Å². The summed E-state index contributed by atoms with van der Waals surface area (Å²) in [4.78, 5) is 12.9. The number of sulfonamides is 1. The van der Waals surface area contributed by atoms with Crippen molar-refractivity contribution in [3.8, 4) is 0 Å². The van der Waals surface area contributed by atoms with Gasteiger partial charge in [0.25, 0.3) is 5.91 Å². The molecule has 0 spiro atoms. The van der Waals surface area contributed by atoms with E-state index in [9.17, 15) is 13.2 Å². The van der Waals surface area contributed by atoms with Gasteiger partial charge in [-0.2, -0.15) is 0 Å². The van der Waals surface area contributed by atoms with Crippen LogP contribution in [0.5, 0.6) is 0 Å². The fourth-order valence-corrected chi connectivity index (χ4v) is 4.38. The highest BCUT2D eigenvalue weighted by Crippen LogP contribution is 2.20. The molecular formula is C21H25N3O4S. The summed E-state index contributed by atoms with van der Waals surface area (Å²) in [7, 11) is -3.57. The molecule has 2 heterocycles. The van der Waals surface area contributed by atoms with Gasteiger partial charge in [-0.15, -0.1) is 0 Å². The number of benzene rings is 1. The number of hydrogen-bond acceptors (Lipinski definition) is 4. The molecule has 2 aromatic heterocycles. The first kappa shape index (κ1) is 20.9. The second kappa shape index (κ2) is 8.26. The summed E-state index contributed by atoms with van der Waals surface area (Å²) in [6.07, 6.45) is 1.62. The van der Waals surface area contributed by atoms with Crippen molar-refractivity contribution in [1.82, 2.24) is 9.29 Å². The Balaban J connectivity index is 1.75. The normalized spacial score (nSPS) is 11.8. The van der Waals surface area contributed by atoms with Gasteiger partial charge in [-0.05, 0) is 70.2 Å². The van der Waals surface area contributed by atoms with E-state index < -0.39 is 10.0 Å². The van der Waals surface area contributed by atoms with Crippen molar-refractivity contribution in [3.63, 3.8) is 0 Å². The predicted molar refractivity (Wildman–Crippen MR) is 112 cm³/mol. The molecule has 7 nitrogen and oxygen atoms in total. The summed E-state index contributed by atoms with van der Waals surface area (Å²) in [6, 6.07) is 11.5. The SMILES string of the molecule is Cc1cc(C(=O)Nc2ccc(S(=O)(=O)NC(C)C)cc2)c(C)n1Cc1ccco1. The van der Waals surface area contributed by atoms with Crippen LogP contribution >= 0.6 is 0 Å². The molecule has 3 aromatic rings. The van der Waals surface area contributed by atoms with Gasteiger partial charge in [0.05, 0.1) is 23.3 Å². The van der Waals surface area contributed by atoms with Crippen molar-refractivity contribution in [2.45, 2.75) is 45.2 Å². The molecule has 0 atom stereocenters. The van der Waals surface area contributed by atoms with Gasteiger partial charge in [-0.3, -0.25) is 4.79 Å². The molecule has 1 amide bonds. The maximum Gasteiger partial charge on any atom is 0.257 e. The third-order valence-corrected chi connectivity index (χ3v) is 6.20. The molecule has 154 valence electrons. The number of aryl methyl sites for hydroxylation is 1. The summed E-state index contributed by atoms with van der Waals surface area (Å²) in [6.45, 7) is 7.89. The lowest BCUT2D eigenvalue weighted by Crippen LogP contribution is -2.30. The average Bonchev–Trinajstić information content (AvgIpc) is 3.25. The van der Waals surface area contributed by atoms with E-state index in [4.69, 9.17) is 4.42 Å². The smallest absolute Gasteiger partial charge is 0.257 e. The number of carbonyl (C=O) groups excluding carboxylic acids is 1. The van der Waals surface area contributed by atoms with Crippen molar-refractivity contribution in [2.75, 3.05) is 5.32 Å². The lowest BCUT2D eigenvalue weighted by Gasteiger charge is -2.11. The fourth-order valence-electron chi connectivity index (χ4n) is 3.13. The number of furan rings is 1. The van der Waals surface area contributed by atoms with Crippen LogP contribution in [0.15, 0.2) is 58.0 Å². The number of amides is 1. The van der Waals surface area contributed by atoms with Gasteiger partial charge in [0.1, 0.15) is 5.76 Å². The van der Waals surface area contributed by atoms with Crippen LogP contribution in [0, 0.1) is 13.8 Å². The maximum absolute atomic E-state index is 12.8. The van der Waals surface area contributed by atoms with E-state index in [1.54, 1.807) is 32.2 Å². The zero-order chi connectivity index (χ0) is 21.2. The molecule has 0 saturated heterocycles. The number of nitrogens with one attached hydrogen (secondary N) is 2. The minimum atomic E-state index is -3.57. The van der Waals surface area contributed by atoms with E-state index in [0.717, 1.165) is 17.1 Å². The van der Waals surface area contributed by atoms with Crippen molar-refractivity contribution in [2.24, 2.45) is 0 Å². The lowest BCUT2D eigenvalue weighted by atomic mass is 10.2. The number of aromatic nitrogens is 1. The molecule has 1 aromatic carbocycles. The zero-order valence-electron chi connectivity index (χ0n) is 16.9. The minimum Gasteiger partial charge on any atom is -0.467 e. The second-order valence-electron chi connectivity index (χ2n) is 7.20. The Morgan fingerprint density at radius 1 is 1.14 bits per heavy atom. The third kappa shape index (κ3) is 4.78. The molecule has 0 bridgehead atoms. The number of carbonyl (C=O) groups is 1. The van der Waals surface area contributed by atoms with E-state index in [2.05, 4.69) is 10.0 Å². The zero-order valence-corrected chi connectivity index (χ0v) is 17.7. The highest BCUT2D eigenvalue weighted by atomic mass is 32.2. The topological polar surface area (TPSA) is 93.3 Å². The molecule has 0 radical (unpaired) electrons. The standard InChI is InChI=1S/C21H25N3O4S/c1-14(2)23-29(26,27)19-9-7-17(8-10-19)22-21(25)20-12-15(3)24(16(20)4)13-18-6-5-11-28-18/h5-12,14,23H,13H2,1-4H3,(H,22,25). The van der Waals surface area contributed by atoms with Crippen LogP contribution in [-0.2, 0) is 16.6 Å². The second-order valence-corrected chi connectivity index (χ2v) is 8.92. The lowest BCUT2D eigenvalue weighted by molar-refractivity contribution is 0.102. The van der Waals surface area contributed by atoms with Crippen LogP contribution in [0.4, 0.5) is 5.69 Å². The molecule has 0 fully saturated rings. The molecule has 2 N–H and O–H groups in total. The van der Waals surface area contributed by atoms with Crippen LogP contribution in [0.1, 0.15) is 41.4 Å². The van der Waals surface area contributed by atoms with Crippen molar-refractivity contribution >= 4 is 21.6 Å². The summed E-state index contributed by atoms with van der Waals surface area (Å²) in [5.74, 6) is 0.560. The largest absolute Gasteiger partial charge is 0.467 e. The molecule has 3 rings (SSSR count). The fraction of sp³-hybridized carbons (Fsp3) is 0.286. The highest BCUT2D eigenvalue weighted by Gasteiger charge is 2.18. The summed E-state index contributed by atoms with van der Waals surface area (Å²) >= 11 is 0. The molecule has 0 unspecified atom stereocenters. The van der Waals surface area contributed by atoms with Crippen LogP contribution in [-0.4, -0.2) is 24.9 Å². The van der Waals surface area contributed by atoms with Crippen LogP contribution < -0.4 is 10.0 Å². The van der Waals surface area contributed by atoms with Crippen molar-refractivity contribution in [1.29, 1.82) is 0 Å². The Morgan fingerprint density at radius 3 is 2.41 bits per heavy atom. The van der Waals surface area contributed by atoms with Gasteiger partial charge in [0.2, 0.25) is 10.0 Å². The van der Waals surface area contributed by atoms with Gasteiger partial charge in [0, 0.05) is 23.1 Å². The van der Waals surface area contributed by atoms with E-state index in [-0.39, 0.29) is 16.8 Å². The van der Waals surface area contributed by atoms with Gasteiger partial charge in [-0.1, -0.05) is 0 Å². The van der Waals surface area contributed by atoms with E-state index in [0.29, 0.717) is 17.8 Å². The molecule has 0 aliphatic carbocycles. The molecule has 8 heteroatoms. The Bertz CT molecular complexity index is 1100. The average molecular weight is 416 g/mol. The number of anilines is 1. The highest BCUT2D eigenvalue weighted by molar-refractivity contribution is 7.89. The summed E-state index contributed by atoms with van der Waals surface area (Å²) in [5.41, 5.74) is 2.86. The Kier molecular flexibility index (Phi) is 5.95. The third-order valence-electron chi connectivity index (χ3n) is 4.53. The minimum absolute atomic E-state index is 0.154. The monoisotopic (exact) mass is 415 g/mol.